The van der Waals surface area contributed by atoms with Crippen LogP contribution < -0.4 is 21.6 Å². The maximum absolute atomic E-state index is 5.49. The first kappa shape index (κ1) is 7.06. The number of hydrogen-bond acceptors (Lipinski definition) is 2. The number of halogens is 1. The second kappa shape index (κ2) is 2.79. The van der Waals surface area contributed by atoms with E-state index in [1.807, 2.05) is 0 Å². The molecule has 0 N–H and O–H groups in total. The van der Waals surface area contributed by atoms with Gasteiger partial charge in [-0.15, -0.1) is 0 Å². The number of ether oxygens (including phenoxy) is 1. The summed E-state index contributed by atoms with van der Waals surface area (Å²) >= 11 is -0.139. The van der Waals surface area contributed by atoms with E-state index in [2.05, 4.69) is 6.58 Å². The van der Waals surface area contributed by atoms with Crippen LogP contribution in [0.5, 0.6) is 0 Å². The molecule has 0 bridgehead atoms. The Balaban J connectivity index is 2.08. The molecule has 10 heavy (non-hydrogen) atoms. The van der Waals surface area contributed by atoms with E-state index in [9.17, 15) is 0 Å². The first-order valence-electron chi connectivity index (χ1n) is 3.42. The number of hydrogen-bond donors (Lipinski definition) is 0. The van der Waals surface area contributed by atoms with E-state index in [-0.39, 0.29) is 21.6 Å². The molecular weight excluding hydrogens is 243 g/mol. The van der Waals surface area contributed by atoms with Crippen molar-refractivity contribution in [3.63, 3.8) is 0 Å². The third-order valence-corrected chi connectivity index (χ3v) is 4.45. The van der Waals surface area contributed by atoms with Gasteiger partial charge in [-0.3, -0.25) is 0 Å². The SMILES string of the molecule is C=C1COC2[I-]OCCC12. The van der Waals surface area contributed by atoms with Gasteiger partial charge in [0.15, 0.2) is 0 Å². The van der Waals surface area contributed by atoms with Gasteiger partial charge in [0.1, 0.15) is 0 Å². The van der Waals surface area contributed by atoms with Crippen LogP contribution in [0.15, 0.2) is 12.2 Å². The summed E-state index contributed by atoms with van der Waals surface area (Å²) in [6.45, 7) is 5.68. The minimum absolute atomic E-state index is 0.139. The molecule has 2 heterocycles. The third kappa shape index (κ3) is 1.10. The molecule has 2 aliphatic rings. The first-order chi connectivity index (χ1) is 4.88. The normalized spacial score (nSPS) is 40.6. The summed E-state index contributed by atoms with van der Waals surface area (Å²) in [4.78, 5) is 0. The Labute approximate surface area is 71.4 Å². The van der Waals surface area contributed by atoms with Crippen molar-refractivity contribution in [3.8, 4) is 0 Å². The number of rotatable bonds is 0. The first-order valence-corrected chi connectivity index (χ1v) is 5.55. The standard InChI is InChI=1S/C7H10IO2/c1-5-4-9-7-6(5)2-3-10-8-7/h6-7H,1-4H2/q-1. The fourth-order valence-corrected chi connectivity index (χ4v) is 3.71. The molecule has 0 aromatic rings. The maximum atomic E-state index is 5.49. The molecule has 2 saturated heterocycles. The average Bonchev–Trinajstić information content (AvgIpc) is 2.34. The van der Waals surface area contributed by atoms with Gasteiger partial charge in [-0.1, -0.05) is 0 Å². The Hall–Kier alpha value is 0.390. The van der Waals surface area contributed by atoms with Gasteiger partial charge in [0.05, 0.1) is 0 Å². The molecule has 0 aromatic carbocycles. The van der Waals surface area contributed by atoms with Crippen LogP contribution >= 0.6 is 0 Å². The van der Waals surface area contributed by atoms with E-state index in [4.69, 9.17) is 7.80 Å². The van der Waals surface area contributed by atoms with Crippen LogP contribution in [0, 0.1) is 5.92 Å². The Bertz CT molecular complexity index is 158. The topological polar surface area (TPSA) is 18.5 Å². The van der Waals surface area contributed by atoms with Gasteiger partial charge in [-0.25, -0.2) is 0 Å². The van der Waals surface area contributed by atoms with E-state index >= 15 is 0 Å². The molecule has 0 saturated carbocycles. The van der Waals surface area contributed by atoms with E-state index in [1.165, 1.54) is 5.57 Å². The quantitative estimate of drug-likeness (QED) is 0.281. The summed E-state index contributed by atoms with van der Waals surface area (Å²) in [5, 5.41) is 0. The zero-order valence-electron chi connectivity index (χ0n) is 5.68. The van der Waals surface area contributed by atoms with Crippen LogP contribution in [0.3, 0.4) is 0 Å². The van der Waals surface area contributed by atoms with Crippen LogP contribution in [0.25, 0.3) is 0 Å². The molecule has 2 rings (SSSR count). The van der Waals surface area contributed by atoms with Gasteiger partial charge >= 0.3 is 71.2 Å². The van der Waals surface area contributed by atoms with E-state index in [0.29, 0.717) is 10.0 Å². The van der Waals surface area contributed by atoms with Crippen LogP contribution in [-0.4, -0.2) is 17.3 Å². The van der Waals surface area contributed by atoms with Gasteiger partial charge in [-0.05, 0) is 0 Å². The van der Waals surface area contributed by atoms with Crippen LogP contribution in [0.1, 0.15) is 6.42 Å². The second-order valence-corrected chi connectivity index (χ2v) is 4.98. The van der Waals surface area contributed by atoms with E-state index < -0.39 is 0 Å². The van der Waals surface area contributed by atoms with Crippen molar-refractivity contribution in [2.24, 2.45) is 5.92 Å². The molecular formula is C7H10IO2-. The molecule has 2 nitrogen and oxygen atoms in total. The predicted octanol–water partition coefficient (Wildman–Crippen LogP) is -2.06. The fraction of sp³-hybridized carbons (Fsp3) is 0.714. The molecule has 0 spiro atoms. The van der Waals surface area contributed by atoms with E-state index in [1.54, 1.807) is 0 Å². The van der Waals surface area contributed by atoms with Crippen molar-refractivity contribution in [2.75, 3.05) is 13.2 Å². The van der Waals surface area contributed by atoms with Crippen LogP contribution in [-0.2, 0) is 7.80 Å². The second-order valence-electron chi connectivity index (χ2n) is 2.62. The molecule has 2 aliphatic heterocycles. The molecule has 0 radical (unpaired) electrons. The van der Waals surface area contributed by atoms with Gasteiger partial charge in [0.25, 0.3) is 0 Å². The van der Waals surface area contributed by atoms with Gasteiger partial charge in [0.2, 0.25) is 0 Å². The van der Waals surface area contributed by atoms with Gasteiger partial charge < -0.3 is 0 Å². The molecule has 0 aliphatic carbocycles. The van der Waals surface area contributed by atoms with Crippen LogP contribution in [0.2, 0.25) is 0 Å². The summed E-state index contributed by atoms with van der Waals surface area (Å²) in [6, 6.07) is 0. The molecule has 58 valence electrons. The van der Waals surface area contributed by atoms with Crippen molar-refractivity contribution in [2.45, 2.75) is 10.5 Å². The van der Waals surface area contributed by atoms with Crippen molar-refractivity contribution in [1.29, 1.82) is 0 Å². The summed E-state index contributed by atoms with van der Waals surface area (Å²) in [5.74, 6) is 0.640. The summed E-state index contributed by atoms with van der Waals surface area (Å²) < 4.78 is 11.3. The monoisotopic (exact) mass is 253 g/mol. The third-order valence-electron chi connectivity index (χ3n) is 1.93. The Morgan fingerprint density at radius 2 is 2.50 bits per heavy atom. The van der Waals surface area contributed by atoms with Crippen molar-refractivity contribution < 1.29 is 29.4 Å². The van der Waals surface area contributed by atoms with Crippen molar-refractivity contribution in [3.05, 3.63) is 12.2 Å². The van der Waals surface area contributed by atoms with Crippen molar-refractivity contribution in [1.82, 2.24) is 0 Å². The van der Waals surface area contributed by atoms with Gasteiger partial charge in [-0.2, -0.15) is 0 Å². The molecule has 2 unspecified atom stereocenters. The molecule has 2 fully saturated rings. The summed E-state index contributed by atoms with van der Waals surface area (Å²) in [5.41, 5.74) is 1.29. The van der Waals surface area contributed by atoms with Gasteiger partial charge in [0, 0.05) is 0 Å². The Morgan fingerprint density at radius 3 is 3.30 bits per heavy atom. The number of alkyl halides is 1. The number of fused-ring (bicyclic) bond motifs is 1. The average molecular weight is 253 g/mol. The zero-order valence-corrected chi connectivity index (χ0v) is 7.84. The van der Waals surface area contributed by atoms with Crippen molar-refractivity contribution >= 4 is 0 Å². The Kier molecular flexibility index (Phi) is 1.97. The molecule has 0 aromatic heterocycles. The predicted molar refractivity (Wildman–Crippen MR) is 32.9 cm³/mol. The zero-order chi connectivity index (χ0) is 6.97. The Morgan fingerprint density at radius 1 is 1.60 bits per heavy atom. The summed E-state index contributed by atoms with van der Waals surface area (Å²) in [6.07, 6.45) is 1.13. The van der Waals surface area contributed by atoms with E-state index in [0.717, 1.165) is 19.6 Å². The van der Waals surface area contributed by atoms with Crippen LogP contribution in [0.4, 0.5) is 0 Å². The molecule has 0 amide bonds. The molecule has 3 heteroatoms. The summed E-state index contributed by atoms with van der Waals surface area (Å²) in [7, 11) is 0. The fourth-order valence-electron chi connectivity index (χ4n) is 1.30. The molecule has 2 atom stereocenters. The minimum atomic E-state index is -0.139.